The SMILES string of the molecule is COC(=O)C(C(=O)OC)c1cccc(C)c1C(=O)NC(C)(C)C. The average Bonchev–Trinajstić information content (AvgIpc) is 2.45. The highest BCUT2D eigenvalue weighted by Crippen LogP contribution is 2.26. The van der Waals surface area contributed by atoms with Crippen LogP contribution in [-0.4, -0.2) is 37.6 Å². The number of ether oxygens (including phenoxy) is 2. The molecule has 0 aromatic heterocycles. The van der Waals surface area contributed by atoms with Crippen LogP contribution in [-0.2, 0) is 19.1 Å². The van der Waals surface area contributed by atoms with Crippen LogP contribution < -0.4 is 5.32 Å². The number of methoxy groups -OCH3 is 2. The molecule has 0 spiro atoms. The molecule has 126 valence electrons. The van der Waals surface area contributed by atoms with Crippen molar-refractivity contribution in [2.45, 2.75) is 39.2 Å². The standard InChI is InChI=1S/C17H23NO5/c1-10-8-7-9-11(12(10)14(19)18-17(2,3)4)13(15(20)22-5)16(21)23-6/h7-9,13H,1-6H3,(H,18,19). The van der Waals surface area contributed by atoms with Gasteiger partial charge in [-0.2, -0.15) is 0 Å². The summed E-state index contributed by atoms with van der Waals surface area (Å²) >= 11 is 0. The first-order valence-corrected chi connectivity index (χ1v) is 7.20. The van der Waals surface area contributed by atoms with Gasteiger partial charge in [-0.3, -0.25) is 14.4 Å². The van der Waals surface area contributed by atoms with Crippen molar-refractivity contribution in [1.29, 1.82) is 0 Å². The van der Waals surface area contributed by atoms with Crippen molar-refractivity contribution in [3.05, 3.63) is 34.9 Å². The van der Waals surface area contributed by atoms with Crippen molar-refractivity contribution in [1.82, 2.24) is 5.32 Å². The summed E-state index contributed by atoms with van der Waals surface area (Å²) in [6, 6.07) is 4.98. The Hall–Kier alpha value is -2.37. The number of aryl methyl sites for hydroxylation is 1. The van der Waals surface area contributed by atoms with Crippen molar-refractivity contribution >= 4 is 17.8 Å². The van der Waals surface area contributed by atoms with Crippen LogP contribution in [0.25, 0.3) is 0 Å². The number of benzene rings is 1. The first kappa shape index (κ1) is 18.7. The minimum Gasteiger partial charge on any atom is -0.468 e. The second-order valence-corrected chi connectivity index (χ2v) is 6.22. The zero-order chi connectivity index (χ0) is 17.8. The third kappa shape index (κ3) is 4.55. The van der Waals surface area contributed by atoms with Gasteiger partial charge in [-0.05, 0) is 38.8 Å². The fourth-order valence-electron chi connectivity index (χ4n) is 2.23. The molecule has 0 aliphatic rings. The van der Waals surface area contributed by atoms with Gasteiger partial charge >= 0.3 is 11.9 Å². The molecule has 1 rings (SSSR count). The van der Waals surface area contributed by atoms with Crippen LogP contribution in [0, 0.1) is 6.92 Å². The van der Waals surface area contributed by atoms with Crippen molar-refractivity contribution in [2.75, 3.05) is 14.2 Å². The van der Waals surface area contributed by atoms with E-state index in [1.165, 1.54) is 14.2 Å². The van der Waals surface area contributed by atoms with E-state index >= 15 is 0 Å². The Morgan fingerprint density at radius 3 is 2.00 bits per heavy atom. The highest BCUT2D eigenvalue weighted by atomic mass is 16.5. The molecule has 1 aromatic rings. The van der Waals surface area contributed by atoms with Crippen LogP contribution in [0.2, 0.25) is 0 Å². The molecule has 0 unspecified atom stereocenters. The molecule has 0 aliphatic heterocycles. The zero-order valence-corrected chi connectivity index (χ0v) is 14.4. The monoisotopic (exact) mass is 321 g/mol. The third-order valence-corrected chi connectivity index (χ3v) is 3.21. The topological polar surface area (TPSA) is 81.7 Å². The number of nitrogens with one attached hydrogen (secondary N) is 1. The zero-order valence-electron chi connectivity index (χ0n) is 14.4. The van der Waals surface area contributed by atoms with Gasteiger partial charge in [-0.15, -0.1) is 0 Å². The molecule has 0 saturated carbocycles. The predicted molar refractivity (Wildman–Crippen MR) is 85.2 cm³/mol. The molecule has 0 fully saturated rings. The molecule has 0 saturated heterocycles. The van der Waals surface area contributed by atoms with E-state index in [9.17, 15) is 14.4 Å². The normalized spacial score (nSPS) is 11.1. The first-order chi connectivity index (χ1) is 10.6. The molecule has 0 bridgehead atoms. The van der Waals surface area contributed by atoms with Crippen LogP contribution in [0.5, 0.6) is 0 Å². The quantitative estimate of drug-likeness (QED) is 0.677. The van der Waals surface area contributed by atoms with Crippen LogP contribution in [0.4, 0.5) is 0 Å². The van der Waals surface area contributed by atoms with Gasteiger partial charge in [0, 0.05) is 11.1 Å². The average molecular weight is 321 g/mol. The minimum atomic E-state index is -1.30. The number of carbonyl (C=O) groups is 3. The van der Waals surface area contributed by atoms with E-state index in [2.05, 4.69) is 5.32 Å². The van der Waals surface area contributed by atoms with Crippen molar-refractivity contribution in [2.24, 2.45) is 0 Å². The van der Waals surface area contributed by atoms with Gasteiger partial charge in [-0.1, -0.05) is 18.2 Å². The smallest absolute Gasteiger partial charge is 0.324 e. The van der Waals surface area contributed by atoms with Crippen LogP contribution in [0.15, 0.2) is 18.2 Å². The Bertz CT molecular complexity index is 600. The summed E-state index contributed by atoms with van der Waals surface area (Å²) in [7, 11) is 2.37. The van der Waals surface area contributed by atoms with Crippen molar-refractivity contribution in [3.8, 4) is 0 Å². The van der Waals surface area contributed by atoms with Gasteiger partial charge in [0.05, 0.1) is 14.2 Å². The van der Waals surface area contributed by atoms with Crippen LogP contribution >= 0.6 is 0 Å². The first-order valence-electron chi connectivity index (χ1n) is 7.20. The predicted octanol–water partition coefficient (Wildman–Crippen LogP) is 1.95. The molecule has 1 amide bonds. The summed E-state index contributed by atoms with van der Waals surface area (Å²) in [6.45, 7) is 7.29. The van der Waals surface area contributed by atoms with E-state index in [0.717, 1.165) is 0 Å². The number of hydrogen-bond donors (Lipinski definition) is 1. The molecule has 0 heterocycles. The number of amides is 1. The largest absolute Gasteiger partial charge is 0.468 e. The number of rotatable bonds is 4. The molecule has 23 heavy (non-hydrogen) atoms. The molecule has 0 atom stereocenters. The summed E-state index contributed by atoms with van der Waals surface area (Å²) in [5.74, 6) is -3.20. The lowest BCUT2D eigenvalue weighted by Gasteiger charge is -2.23. The maximum absolute atomic E-state index is 12.6. The maximum atomic E-state index is 12.6. The maximum Gasteiger partial charge on any atom is 0.324 e. The van der Waals surface area contributed by atoms with E-state index in [0.29, 0.717) is 5.56 Å². The lowest BCUT2D eigenvalue weighted by atomic mass is 9.90. The van der Waals surface area contributed by atoms with E-state index in [-0.39, 0.29) is 17.0 Å². The van der Waals surface area contributed by atoms with E-state index < -0.39 is 23.4 Å². The minimum absolute atomic E-state index is 0.269. The Kier molecular flexibility index (Phi) is 5.90. The molecule has 6 heteroatoms. The highest BCUT2D eigenvalue weighted by Gasteiger charge is 2.35. The number of carbonyl (C=O) groups excluding carboxylic acids is 3. The molecule has 1 aromatic carbocycles. The van der Waals surface area contributed by atoms with Gasteiger partial charge in [-0.25, -0.2) is 0 Å². The fraction of sp³-hybridized carbons (Fsp3) is 0.471. The van der Waals surface area contributed by atoms with Gasteiger partial charge in [0.1, 0.15) is 0 Å². The summed E-state index contributed by atoms with van der Waals surface area (Å²) in [5, 5.41) is 2.84. The molecule has 1 N–H and O–H groups in total. The lowest BCUT2D eigenvalue weighted by Crippen LogP contribution is -2.41. The Morgan fingerprint density at radius 1 is 1.04 bits per heavy atom. The highest BCUT2D eigenvalue weighted by molar-refractivity contribution is 6.06. The summed E-state index contributed by atoms with van der Waals surface area (Å²) < 4.78 is 9.39. The summed E-state index contributed by atoms with van der Waals surface area (Å²) in [5.41, 5.74) is 0.749. The van der Waals surface area contributed by atoms with E-state index in [1.807, 2.05) is 20.8 Å². The van der Waals surface area contributed by atoms with Gasteiger partial charge in [0.2, 0.25) is 0 Å². The number of hydrogen-bond acceptors (Lipinski definition) is 5. The van der Waals surface area contributed by atoms with E-state index in [4.69, 9.17) is 9.47 Å². The van der Waals surface area contributed by atoms with Crippen molar-refractivity contribution < 1.29 is 23.9 Å². The van der Waals surface area contributed by atoms with Crippen molar-refractivity contribution in [3.63, 3.8) is 0 Å². The molecular weight excluding hydrogens is 298 g/mol. The molecule has 0 aliphatic carbocycles. The molecule has 0 radical (unpaired) electrons. The van der Waals surface area contributed by atoms with Gasteiger partial charge in [0.25, 0.3) is 5.91 Å². The van der Waals surface area contributed by atoms with E-state index in [1.54, 1.807) is 25.1 Å². The second-order valence-electron chi connectivity index (χ2n) is 6.22. The number of esters is 2. The summed E-state index contributed by atoms with van der Waals surface area (Å²) in [4.78, 5) is 36.7. The fourth-order valence-corrected chi connectivity index (χ4v) is 2.23. The van der Waals surface area contributed by atoms with Gasteiger partial charge < -0.3 is 14.8 Å². The second kappa shape index (κ2) is 7.26. The molecule has 6 nitrogen and oxygen atoms in total. The summed E-state index contributed by atoms with van der Waals surface area (Å²) in [6.07, 6.45) is 0. The third-order valence-electron chi connectivity index (χ3n) is 3.21. The Morgan fingerprint density at radius 2 is 1.57 bits per heavy atom. The van der Waals surface area contributed by atoms with Gasteiger partial charge in [0.15, 0.2) is 5.92 Å². The van der Waals surface area contributed by atoms with Crippen LogP contribution in [0.3, 0.4) is 0 Å². The lowest BCUT2D eigenvalue weighted by molar-refractivity contribution is -0.154. The Labute approximate surface area is 136 Å². The van der Waals surface area contributed by atoms with Crippen LogP contribution in [0.1, 0.15) is 48.2 Å². The molecular formula is C17H23NO5. The Balaban J connectivity index is 3.46.